The van der Waals surface area contributed by atoms with E-state index in [2.05, 4.69) is 11.9 Å². The summed E-state index contributed by atoms with van der Waals surface area (Å²) in [4.78, 5) is 11.3. The molecule has 1 atom stereocenters. The number of benzene rings is 1. The molecule has 1 aromatic rings. The molecule has 98 valence electrons. The maximum atomic E-state index is 11.3. The molecule has 18 heavy (non-hydrogen) atoms. The Bertz CT molecular complexity index is 403. The fourth-order valence-electron chi connectivity index (χ4n) is 1.52. The number of nitrogens with two attached hydrogens (primary N) is 1. The second-order valence-electron chi connectivity index (χ2n) is 4.21. The molecule has 1 aromatic carbocycles. The number of rotatable bonds is 7. The number of ether oxygens (including phenoxy) is 1. The minimum Gasteiger partial charge on any atom is -0.484 e. The molecule has 4 nitrogen and oxygen atoms in total. The van der Waals surface area contributed by atoms with Gasteiger partial charge in [-0.2, -0.15) is 0 Å². The largest absolute Gasteiger partial charge is 0.484 e. The van der Waals surface area contributed by atoms with E-state index in [4.69, 9.17) is 10.5 Å². The normalized spacial score (nSPS) is 11.7. The lowest BCUT2D eigenvalue weighted by Gasteiger charge is -2.09. The molecule has 0 heterocycles. The van der Waals surface area contributed by atoms with Crippen molar-refractivity contribution in [3.05, 3.63) is 42.5 Å². The quantitative estimate of drug-likeness (QED) is 0.714. The Morgan fingerprint density at radius 3 is 3.06 bits per heavy atom. The van der Waals surface area contributed by atoms with Gasteiger partial charge in [0.25, 0.3) is 5.91 Å². The van der Waals surface area contributed by atoms with Gasteiger partial charge in [-0.25, -0.2) is 0 Å². The summed E-state index contributed by atoms with van der Waals surface area (Å²) in [5.74, 6) is 0.523. The van der Waals surface area contributed by atoms with Crippen LogP contribution in [0.4, 0.5) is 0 Å². The van der Waals surface area contributed by atoms with Crippen molar-refractivity contribution in [3.8, 4) is 5.75 Å². The Kier molecular flexibility index (Phi) is 5.94. The lowest BCUT2D eigenvalue weighted by Crippen LogP contribution is -2.28. The SMILES string of the molecule is C=CCNC(=O)COc1cccc(CC(C)N)c1. The lowest BCUT2D eigenvalue weighted by molar-refractivity contribution is -0.122. The van der Waals surface area contributed by atoms with Crippen molar-refractivity contribution in [3.63, 3.8) is 0 Å². The molecule has 0 aliphatic heterocycles. The zero-order chi connectivity index (χ0) is 13.4. The van der Waals surface area contributed by atoms with E-state index in [1.54, 1.807) is 6.08 Å². The predicted octanol–water partition coefficient (Wildman–Crippen LogP) is 1.26. The first kappa shape index (κ1) is 14.3. The first-order chi connectivity index (χ1) is 8.61. The van der Waals surface area contributed by atoms with E-state index in [9.17, 15) is 4.79 Å². The number of amides is 1. The summed E-state index contributed by atoms with van der Waals surface area (Å²) in [7, 11) is 0. The van der Waals surface area contributed by atoms with Gasteiger partial charge in [0.05, 0.1) is 0 Å². The summed E-state index contributed by atoms with van der Waals surface area (Å²) in [5.41, 5.74) is 6.84. The molecule has 0 aliphatic carbocycles. The summed E-state index contributed by atoms with van der Waals surface area (Å²) in [6.45, 7) is 5.94. The number of nitrogens with one attached hydrogen (secondary N) is 1. The molecular formula is C14H20N2O2. The van der Waals surface area contributed by atoms with Crippen LogP contribution in [0.1, 0.15) is 12.5 Å². The van der Waals surface area contributed by atoms with Crippen molar-refractivity contribution < 1.29 is 9.53 Å². The maximum absolute atomic E-state index is 11.3. The van der Waals surface area contributed by atoms with Crippen LogP contribution in [-0.4, -0.2) is 25.1 Å². The molecule has 0 aromatic heterocycles. The molecule has 0 saturated heterocycles. The molecule has 1 rings (SSSR count). The van der Waals surface area contributed by atoms with E-state index < -0.39 is 0 Å². The van der Waals surface area contributed by atoms with Crippen LogP contribution in [0.5, 0.6) is 5.75 Å². The average Bonchev–Trinajstić information content (AvgIpc) is 2.33. The highest BCUT2D eigenvalue weighted by Crippen LogP contribution is 2.14. The van der Waals surface area contributed by atoms with Gasteiger partial charge in [-0.15, -0.1) is 6.58 Å². The van der Waals surface area contributed by atoms with Crippen LogP contribution in [0.2, 0.25) is 0 Å². The summed E-state index contributed by atoms with van der Waals surface area (Å²) >= 11 is 0. The zero-order valence-electron chi connectivity index (χ0n) is 10.7. The first-order valence-corrected chi connectivity index (χ1v) is 5.96. The van der Waals surface area contributed by atoms with E-state index in [1.807, 2.05) is 31.2 Å². The lowest BCUT2D eigenvalue weighted by atomic mass is 10.1. The van der Waals surface area contributed by atoms with Crippen LogP contribution < -0.4 is 15.8 Å². The van der Waals surface area contributed by atoms with Crippen LogP contribution in [0, 0.1) is 0 Å². The summed E-state index contributed by atoms with van der Waals surface area (Å²) < 4.78 is 5.40. The fraction of sp³-hybridized carbons (Fsp3) is 0.357. The fourth-order valence-corrected chi connectivity index (χ4v) is 1.52. The topological polar surface area (TPSA) is 64.3 Å². The monoisotopic (exact) mass is 248 g/mol. The Morgan fingerprint density at radius 2 is 2.39 bits per heavy atom. The van der Waals surface area contributed by atoms with Gasteiger partial charge in [0.1, 0.15) is 5.75 Å². The van der Waals surface area contributed by atoms with Crippen LogP contribution in [-0.2, 0) is 11.2 Å². The van der Waals surface area contributed by atoms with Crippen molar-refractivity contribution in [2.75, 3.05) is 13.2 Å². The molecule has 4 heteroatoms. The summed E-state index contributed by atoms with van der Waals surface area (Å²) in [6.07, 6.45) is 2.42. The second kappa shape index (κ2) is 7.50. The molecule has 1 amide bonds. The van der Waals surface area contributed by atoms with Gasteiger partial charge in [0.15, 0.2) is 6.61 Å². The van der Waals surface area contributed by atoms with E-state index in [1.165, 1.54) is 0 Å². The predicted molar refractivity (Wildman–Crippen MR) is 72.5 cm³/mol. The van der Waals surface area contributed by atoms with Crippen LogP contribution in [0.25, 0.3) is 0 Å². The van der Waals surface area contributed by atoms with E-state index >= 15 is 0 Å². The Labute approximate surface area is 108 Å². The summed E-state index contributed by atoms with van der Waals surface area (Å²) in [6, 6.07) is 7.73. The summed E-state index contributed by atoms with van der Waals surface area (Å²) in [5, 5.41) is 2.65. The van der Waals surface area contributed by atoms with Gasteiger partial charge < -0.3 is 15.8 Å². The molecule has 0 saturated carbocycles. The van der Waals surface area contributed by atoms with E-state index in [-0.39, 0.29) is 18.6 Å². The molecular weight excluding hydrogens is 228 g/mol. The molecule has 1 unspecified atom stereocenters. The highest BCUT2D eigenvalue weighted by atomic mass is 16.5. The highest BCUT2D eigenvalue weighted by molar-refractivity contribution is 5.77. The van der Waals surface area contributed by atoms with Gasteiger partial charge in [-0.3, -0.25) is 4.79 Å². The van der Waals surface area contributed by atoms with Gasteiger partial charge in [-0.1, -0.05) is 18.2 Å². The maximum Gasteiger partial charge on any atom is 0.258 e. The van der Waals surface area contributed by atoms with Crippen molar-refractivity contribution in [2.45, 2.75) is 19.4 Å². The van der Waals surface area contributed by atoms with Crippen molar-refractivity contribution in [1.82, 2.24) is 5.32 Å². The van der Waals surface area contributed by atoms with Crippen LogP contribution in [0.3, 0.4) is 0 Å². The van der Waals surface area contributed by atoms with Crippen LogP contribution in [0.15, 0.2) is 36.9 Å². The standard InChI is InChI=1S/C14H20N2O2/c1-3-7-16-14(17)10-18-13-6-4-5-12(9-13)8-11(2)15/h3-6,9,11H,1,7-8,10,15H2,2H3,(H,16,17). The molecule has 3 N–H and O–H groups in total. The number of carbonyl (C=O) groups excluding carboxylic acids is 1. The molecule has 0 radical (unpaired) electrons. The third kappa shape index (κ3) is 5.50. The van der Waals surface area contributed by atoms with Crippen molar-refractivity contribution >= 4 is 5.91 Å². The highest BCUT2D eigenvalue weighted by Gasteiger charge is 2.03. The van der Waals surface area contributed by atoms with Gasteiger partial charge in [0, 0.05) is 12.6 Å². The van der Waals surface area contributed by atoms with Gasteiger partial charge in [0.2, 0.25) is 0 Å². The van der Waals surface area contributed by atoms with Crippen LogP contribution >= 0.6 is 0 Å². The first-order valence-electron chi connectivity index (χ1n) is 5.96. The number of hydrogen-bond acceptors (Lipinski definition) is 3. The average molecular weight is 248 g/mol. The third-order valence-electron chi connectivity index (χ3n) is 2.27. The van der Waals surface area contributed by atoms with Crippen molar-refractivity contribution in [2.24, 2.45) is 5.73 Å². The van der Waals surface area contributed by atoms with Gasteiger partial charge >= 0.3 is 0 Å². The van der Waals surface area contributed by atoms with Crippen molar-refractivity contribution in [1.29, 1.82) is 0 Å². The number of hydrogen-bond donors (Lipinski definition) is 2. The Morgan fingerprint density at radius 1 is 1.61 bits per heavy atom. The number of carbonyl (C=O) groups is 1. The minimum atomic E-state index is -0.160. The molecule has 0 fully saturated rings. The Hall–Kier alpha value is -1.81. The minimum absolute atomic E-state index is 0.00940. The molecule has 0 spiro atoms. The smallest absolute Gasteiger partial charge is 0.258 e. The Balaban J connectivity index is 2.46. The van der Waals surface area contributed by atoms with E-state index in [0.29, 0.717) is 12.3 Å². The third-order valence-corrected chi connectivity index (χ3v) is 2.27. The van der Waals surface area contributed by atoms with E-state index in [0.717, 1.165) is 12.0 Å². The second-order valence-corrected chi connectivity index (χ2v) is 4.21. The molecule has 0 bridgehead atoms. The zero-order valence-corrected chi connectivity index (χ0v) is 10.7. The van der Waals surface area contributed by atoms with Gasteiger partial charge in [-0.05, 0) is 31.0 Å². The molecule has 0 aliphatic rings.